The van der Waals surface area contributed by atoms with Gasteiger partial charge in [-0.05, 0) is 30.3 Å². The predicted molar refractivity (Wildman–Crippen MR) is 93.2 cm³/mol. The Morgan fingerprint density at radius 3 is 2.50 bits per heavy atom. The molecule has 1 fully saturated rings. The van der Waals surface area contributed by atoms with Gasteiger partial charge in [0.15, 0.2) is 0 Å². The number of methoxy groups -OCH3 is 1. The average molecular weight is 368 g/mol. The third-order valence-electron chi connectivity index (χ3n) is 3.96. The second-order valence-corrected chi connectivity index (χ2v) is 7.72. The molecule has 0 aliphatic carbocycles. The molecule has 0 spiro atoms. The van der Waals surface area contributed by atoms with Crippen LogP contribution in [0.1, 0.15) is 0 Å². The van der Waals surface area contributed by atoms with E-state index in [2.05, 4.69) is 9.88 Å². The van der Waals surface area contributed by atoms with Crippen molar-refractivity contribution in [3.8, 4) is 5.75 Å². The first kappa shape index (κ1) is 17.0. The van der Waals surface area contributed by atoms with Gasteiger partial charge >= 0.3 is 0 Å². The molecule has 0 unspecified atom stereocenters. The Bertz CT molecular complexity index is 807. The summed E-state index contributed by atoms with van der Waals surface area (Å²) in [5.41, 5.74) is 0. The Morgan fingerprint density at radius 1 is 1.12 bits per heavy atom. The molecule has 1 saturated heterocycles. The normalized spacial score (nSPS) is 16.2. The summed E-state index contributed by atoms with van der Waals surface area (Å²) in [5, 5.41) is 0.362. The highest BCUT2D eigenvalue weighted by molar-refractivity contribution is 7.89. The maximum absolute atomic E-state index is 12.9. The summed E-state index contributed by atoms with van der Waals surface area (Å²) >= 11 is 5.97. The van der Waals surface area contributed by atoms with E-state index in [9.17, 15) is 8.42 Å². The van der Waals surface area contributed by atoms with Crippen LogP contribution in [-0.2, 0) is 10.0 Å². The van der Waals surface area contributed by atoms with Crippen molar-refractivity contribution < 1.29 is 13.2 Å². The fourth-order valence-electron chi connectivity index (χ4n) is 2.69. The molecule has 0 bridgehead atoms. The lowest BCUT2D eigenvalue weighted by Gasteiger charge is -2.34. The third-order valence-corrected chi connectivity index (χ3v) is 6.11. The zero-order chi connectivity index (χ0) is 17.2. The molecule has 6 nitrogen and oxygen atoms in total. The topological polar surface area (TPSA) is 62.7 Å². The molecule has 2 aromatic rings. The summed E-state index contributed by atoms with van der Waals surface area (Å²) < 4.78 is 32.5. The van der Waals surface area contributed by atoms with Gasteiger partial charge in [0, 0.05) is 37.4 Å². The Hall–Kier alpha value is -1.83. The van der Waals surface area contributed by atoms with Crippen LogP contribution in [0.5, 0.6) is 5.75 Å². The van der Waals surface area contributed by atoms with Crippen LogP contribution in [0.3, 0.4) is 0 Å². The van der Waals surface area contributed by atoms with E-state index in [4.69, 9.17) is 16.3 Å². The lowest BCUT2D eigenvalue weighted by Crippen LogP contribution is -2.48. The molecule has 1 aliphatic heterocycles. The molecule has 0 atom stereocenters. The van der Waals surface area contributed by atoms with Gasteiger partial charge in [-0.25, -0.2) is 13.4 Å². The first-order valence-corrected chi connectivity index (χ1v) is 9.34. The lowest BCUT2D eigenvalue weighted by atomic mass is 10.3. The van der Waals surface area contributed by atoms with Crippen LogP contribution < -0.4 is 9.64 Å². The molecule has 3 rings (SSSR count). The first-order chi connectivity index (χ1) is 11.5. The molecule has 0 N–H and O–H groups in total. The highest BCUT2D eigenvalue weighted by atomic mass is 35.5. The van der Waals surface area contributed by atoms with Gasteiger partial charge in [-0.1, -0.05) is 17.7 Å². The zero-order valence-electron chi connectivity index (χ0n) is 13.2. The fraction of sp³-hybridized carbons (Fsp3) is 0.312. The van der Waals surface area contributed by atoms with Crippen LogP contribution in [0.25, 0.3) is 0 Å². The van der Waals surface area contributed by atoms with Crippen LogP contribution in [-0.4, -0.2) is 51.0 Å². The molecular weight excluding hydrogens is 350 g/mol. The maximum atomic E-state index is 12.9. The highest BCUT2D eigenvalue weighted by Crippen LogP contribution is 2.30. The average Bonchev–Trinajstić information content (AvgIpc) is 2.62. The number of pyridine rings is 1. The molecule has 0 radical (unpaired) electrons. The maximum Gasteiger partial charge on any atom is 0.246 e. The summed E-state index contributed by atoms with van der Waals surface area (Å²) in [5.74, 6) is 1.15. The van der Waals surface area contributed by atoms with Crippen molar-refractivity contribution in [1.29, 1.82) is 0 Å². The second-order valence-electron chi connectivity index (χ2n) is 5.37. The molecule has 1 aliphatic rings. The summed E-state index contributed by atoms with van der Waals surface area (Å²) in [6.45, 7) is 1.93. The van der Waals surface area contributed by atoms with Crippen molar-refractivity contribution in [2.24, 2.45) is 0 Å². The number of benzene rings is 1. The Balaban J connectivity index is 1.79. The van der Waals surface area contributed by atoms with E-state index >= 15 is 0 Å². The van der Waals surface area contributed by atoms with E-state index < -0.39 is 10.0 Å². The van der Waals surface area contributed by atoms with Crippen molar-refractivity contribution in [3.63, 3.8) is 0 Å². The molecule has 128 valence electrons. The largest absolute Gasteiger partial charge is 0.495 e. The monoisotopic (exact) mass is 367 g/mol. The van der Waals surface area contributed by atoms with Gasteiger partial charge < -0.3 is 9.64 Å². The van der Waals surface area contributed by atoms with Gasteiger partial charge in [0.05, 0.1) is 7.11 Å². The molecular formula is C16H18ClN3O3S. The third kappa shape index (κ3) is 3.33. The van der Waals surface area contributed by atoms with Gasteiger partial charge in [-0.2, -0.15) is 4.31 Å². The molecule has 2 heterocycles. The van der Waals surface area contributed by atoms with Crippen LogP contribution in [0, 0.1) is 0 Å². The van der Waals surface area contributed by atoms with Gasteiger partial charge in [0.1, 0.15) is 16.5 Å². The predicted octanol–water partition coefficient (Wildman–Crippen LogP) is 2.25. The van der Waals surface area contributed by atoms with Crippen LogP contribution in [0.4, 0.5) is 5.82 Å². The quantitative estimate of drug-likeness (QED) is 0.829. The van der Waals surface area contributed by atoms with Gasteiger partial charge in [0.25, 0.3) is 0 Å². The Morgan fingerprint density at radius 2 is 1.88 bits per heavy atom. The van der Waals surface area contributed by atoms with E-state index in [-0.39, 0.29) is 4.90 Å². The molecule has 24 heavy (non-hydrogen) atoms. The van der Waals surface area contributed by atoms with Gasteiger partial charge in [0.2, 0.25) is 10.0 Å². The van der Waals surface area contributed by atoms with E-state index in [0.29, 0.717) is 37.0 Å². The number of rotatable bonds is 4. The number of nitrogens with zero attached hydrogens (tertiary/aromatic N) is 3. The van der Waals surface area contributed by atoms with Crippen LogP contribution >= 0.6 is 11.6 Å². The zero-order valence-corrected chi connectivity index (χ0v) is 14.8. The summed E-state index contributed by atoms with van der Waals surface area (Å²) in [6.07, 6.45) is 1.73. The molecule has 1 aromatic carbocycles. The summed E-state index contributed by atoms with van der Waals surface area (Å²) in [4.78, 5) is 6.48. The van der Waals surface area contributed by atoms with Crippen molar-refractivity contribution in [3.05, 3.63) is 47.6 Å². The van der Waals surface area contributed by atoms with Gasteiger partial charge in [-0.15, -0.1) is 0 Å². The number of hydrogen-bond donors (Lipinski definition) is 0. The molecule has 8 heteroatoms. The first-order valence-electron chi connectivity index (χ1n) is 7.52. The number of piperazine rings is 1. The van der Waals surface area contributed by atoms with Crippen LogP contribution in [0.2, 0.25) is 5.02 Å². The number of anilines is 1. The Kier molecular flexibility index (Phi) is 4.93. The van der Waals surface area contributed by atoms with E-state index in [1.807, 2.05) is 18.2 Å². The number of halogens is 1. The van der Waals surface area contributed by atoms with Crippen LogP contribution in [0.15, 0.2) is 47.5 Å². The van der Waals surface area contributed by atoms with E-state index in [0.717, 1.165) is 5.82 Å². The van der Waals surface area contributed by atoms with Crippen molar-refractivity contribution in [1.82, 2.24) is 9.29 Å². The minimum atomic E-state index is -3.66. The van der Waals surface area contributed by atoms with Crippen molar-refractivity contribution >= 4 is 27.4 Å². The minimum absolute atomic E-state index is 0.101. The summed E-state index contributed by atoms with van der Waals surface area (Å²) in [7, 11) is -2.21. The lowest BCUT2D eigenvalue weighted by molar-refractivity contribution is 0.373. The highest BCUT2D eigenvalue weighted by Gasteiger charge is 2.31. The van der Waals surface area contributed by atoms with E-state index in [1.165, 1.54) is 17.5 Å². The standard InChI is InChI=1S/C16H18ClN3O3S/c1-23-14-6-5-13(17)12-15(14)24(21,22)20-10-8-19(9-11-20)16-4-2-3-7-18-16/h2-7,12H,8-11H2,1H3. The van der Waals surface area contributed by atoms with Crippen molar-refractivity contribution in [2.75, 3.05) is 38.2 Å². The number of sulfonamides is 1. The number of hydrogen-bond acceptors (Lipinski definition) is 5. The van der Waals surface area contributed by atoms with E-state index in [1.54, 1.807) is 18.3 Å². The smallest absolute Gasteiger partial charge is 0.246 e. The molecule has 0 saturated carbocycles. The fourth-order valence-corrected chi connectivity index (χ4v) is 4.53. The molecule has 0 amide bonds. The second kappa shape index (κ2) is 6.96. The summed E-state index contributed by atoms with van der Waals surface area (Å²) in [6, 6.07) is 10.3. The Labute approximate surface area is 146 Å². The SMILES string of the molecule is COc1ccc(Cl)cc1S(=O)(=O)N1CCN(c2ccccn2)CC1. The molecule has 1 aromatic heterocycles. The number of ether oxygens (including phenoxy) is 1. The minimum Gasteiger partial charge on any atom is -0.495 e. The van der Waals surface area contributed by atoms with Gasteiger partial charge in [-0.3, -0.25) is 0 Å². The van der Waals surface area contributed by atoms with Crippen molar-refractivity contribution in [2.45, 2.75) is 4.90 Å². The number of aromatic nitrogens is 1.